The molecule has 0 aromatic carbocycles. The van der Waals surface area contributed by atoms with Crippen molar-refractivity contribution < 1.29 is 0 Å². The highest BCUT2D eigenvalue weighted by atomic mass is 14.0. The molecule has 0 aromatic heterocycles. The highest BCUT2D eigenvalue weighted by molar-refractivity contribution is 4.81. The summed E-state index contributed by atoms with van der Waals surface area (Å²) in [5, 5.41) is 0. The van der Waals surface area contributed by atoms with Gasteiger partial charge in [-0.1, -0.05) is 50.7 Å². The second-order valence-electron chi connectivity index (χ2n) is 4.04. The fourth-order valence-corrected chi connectivity index (χ4v) is 1.84. The third-order valence-corrected chi connectivity index (χ3v) is 2.72. The van der Waals surface area contributed by atoms with Gasteiger partial charge in [0.2, 0.25) is 0 Å². The van der Waals surface area contributed by atoms with Crippen LogP contribution in [0.3, 0.4) is 0 Å². The minimum atomic E-state index is 1.31. The second kappa shape index (κ2) is 8.34. The number of rotatable bonds is 0. The van der Waals surface area contributed by atoms with Crippen LogP contribution >= 0.6 is 0 Å². The van der Waals surface area contributed by atoms with Crippen molar-refractivity contribution in [1.29, 1.82) is 0 Å². The lowest BCUT2D eigenvalue weighted by Crippen LogP contribution is -1.81. The van der Waals surface area contributed by atoms with E-state index >= 15 is 0 Å². The summed E-state index contributed by atoms with van der Waals surface area (Å²) in [4.78, 5) is 0. The second-order valence-corrected chi connectivity index (χ2v) is 4.04. The van der Waals surface area contributed by atoms with Gasteiger partial charge in [0, 0.05) is 0 Å². The van der Waals surface area contributed by atoms with Crippen molar-refractivity contribution in [1.82, 2.24) is 0 Å². The molecule has 1 aliphatic rings. The lowest BCUT2D eigenvalue weighted by molar-refractivity contribution is 0.640. The monoisotopic (exact) mass is 179 g/mol. The Bertz CT molecular complexity index is 110. The molecule has 0 saturated heterocycles. The first-order chi connectivity index (χ1) is 6.50. The summed E-state index contributed by atoms with van der Waals surface area (Å²) in [6.07, 6.45) is 21.0. The van der Waals surface area contributed by atoms with Crippen LogP contribution in [0.1, 0.15) is 64.2 Å². The van der Waals surface area contributed by atoms with Gasteiger partial charge in [0.15, 0.2) is 0 Å². The Morgan fingerprint density at radius 3 is 1.46 bits per heavy atom. The van der Waals surface area contributed by atoms with Gasteiger partial charge in [0.25, 0.3) is 0 Å². The van der Waals surface area contributed by atoms with Crippen molar-refractivity contribution in [2.24, 2.45) is 0 Å². The normalized spacial score (nSPS) is 25.2. The van der Waals surface area contributed by atoms with E-state index in [-0.39, 0.29) is 0 Å². The average molecular weight is 179 g/mol. The Kier molecular flexibility index (Phi) is 6.94. The van der Waals surface area contributed by atoms with Crippen LogP contribution in [0.2, 0.25) is 0 Å². The quantitative estimate of drug-likeness (QED) is 0.474. The Labute approximate surface area is 83.4 Å². The van der Waals surface area contributed by atoms with E-state index in [0.29, 0.717) is 0 Å². The van der Waals surface area contributed by atoms with E-state index in [0.717, 1.165) is 0 Å². The van der Waals surface area contributed by atoms with Crippen LogP contribution in [0.15, 0.2) is 12.2 Å². The van der Waals surface area contributed by atoms with E-state index in [9.17, 15) is 0 Å². The Hall–Kier alpha value is -0.260. The predicted molar refractivity (Wildman–Crippen MR) is 59.6 cm³/mol. The van der Waals surface area contributed by atoms with E-state index in [1.807, 2.05) is 0 Å². The Morgan fingerprint density at radius 2 is 0.923 bits per heavy atom. The molecule has 13 heavy (non-hydrogen) atoms. The molecule has 0 aromatic rings. The van der Waals surface area contributed by atoms with Gasteiger partial charge in [0.1, 0.15) is 0 Å². The average Bonchev–Trinajstić information content (AvgIpc) is 2.18. The molecule has 0 bridgehead atoms. The molecule has 0 unspecified atom stereocenters. The maximum Gasteiger partial charge on any atom is -0.0351 e. The minimum absolute atomic E-state index is 1.31. The van der Waals surface area contributed by atoms with Crippen molar-refractivity contribution in [2.75, 3.05) is 0 Å². The van der Waals surface area contributed by atoms with Crippen molar-refractivity contribution >= 4 is 0 Å². The van der Waals surface area contributed by atoms with Crippen LogP contribution in [-0.4, -0.2) is 0 Å². The van der Waals surface area contributed by atoms with E-state index in [4.69, 9.17) is 0 Å². The van der Waals surface area contributed by atoms with Crippen LogP contribution in [0, 0.1) is 6.42 Å². The van der Waals surface area contributed by atoms with Gasteiger partial charge in [0.05, 0.1) is 0 Å². The smallest absolute Gasteiger partial charge is 0.0351 e. The summed E-state index contributed by atoms with van der Waals surface area (Å²) in [6, 6.07) is 0. The first kappa shape index (κ1) is 10.8. The molecule has 0 amide bonds. The predicted octanol–water partition coefficient (Wildman–Crippen LogP) is 4.66. The molecule has 1 radical (unpaired) electrons. The zero-order valence-corrected chi connectivity index (χ0v) is 8.80. The van der Waals surface area contributed by atoms with Crippen molar-refractivity contribution in [3.63, 3.8) is 0 Å². The summed E-state index contributed by atoms with van der Waals surface area (Å²) in [6.45, 7) is 0. The topological polar surface area (TPSA) is 0 Å². The maximum atomic E-state index is 2.49. The van der Waals surface area contributed by atoms with Gasteiger partial charge in [-0.25, -0.2) is 0 Å². The third kappa shape index (κ3) is 6.86. The van der Waals surface area contributed by atoms with Crippen LogP contribution < -0.4 is 0 Å². The first-order valence-corrected chi connectivity index (χ1v) is 5.97. The van der Waals surface area contributed by atoms with E-state index in [1.165, 1.54) is 64.2 Å². The van der Waals surface area contributed by atoms with Crippen molar-refractivity contribution in [3.05, 3.63) is 18.6 Å². The number of hydrogen-bond acceptors (Lipinski definition) is 0. The van der Waals surface area contributed by atoms with Crippen LogP contribution in [0.25, 0.3) is 0 Å². The van der Waals surface area contributed by atoms with Crippen LogP contribution in [-0.2, 0) is 0 Å². The van der Waals surface area contributed by atoms with Crippen molar-refractivity contribution in [2.45, 2.75) is 64.2 Å². The molecule has 0 saturated carbocycles. The first-order valence-electron chi connectivity index (χ1n) is 5.97. The van der Waals surface area contributed by atoms with E-state index < -0.39 is 0 Å². The summed E-state index contributed by atoms with van der Waals surface area (Å²) < 4.78 is 0. The molecular formula is C13H23. The summed E-state index contributed by atoms with van der Waals surface area (Å²) in [7, 11) is 0. The van der Waals surface area contributed by atoms with Gasteiger partial charge in [-0.15, -0.1) is 0 Å². The SMILES string of the molecule is [CH]1CCCCC/C=C/CCCCC1. The van der Waals surface area contributed by atoms with Gasteiger partial charge >= 0.3 is 0 Å². The van der Waals surface area contributed by atoms with Crippen LogP contribution in [0.5, 0.6) is 0 Å². The highest BCUT2D eigenvalue weighted by Gasteiger charge is 1.93. The summed E-state index contributed by atoms with van der Waals surface area (Å²) >= 11 is 0. The summed E-state index contributed by atoms with van der Waals surface area (Å²) in [5.41, 5.74) is 0. The minimum Gasteiger partial charge on any atom is -0.0885 e. The molecule has 75 valence electrons. The molecule has 1 rings (SSSR count). The Morgan fingerprint density at radius 1 is 0.462 bits per heavy atom. The molecule has 0 nitrogen and oxygen atoms in total. The zero-order chi connectivity index (χ0) is 9.19. The van der Waals surface area contributed by atoms with Gasteiger partial charge < -0.3 is 0 Å². The molecule has 0 aliphatic heterocycles. The molecule has 0 spiro atoms. The molecule has 0 heteroatoms. The van der Waals surface area contributed by atoms with Gasteiger partial charge in [-0.3, -0.25) is 0 Å². The van der Waals surface area contributed by atoms with Gasteiger partial charge in [-0.2, -0.15) is 0 Å². The fraction of sp³-hybridized carbons (Fsp3) is 0.769. The molecule has 1 aliphatic carbocycles. The Balaban J connectivity index is 2.09. The maximum absolute atomic E-state index is 2.49. The number of hydrogen-bond donors (Lipinski definition) is 0. The largest absolute Gasteiger partial charge is 0.0885 e. The molecule has 0 fully saturated rings. The summed E-state index contributed by atoms with van der Waals surface area (Å²) in [5.74, 6) is 0. The highest BCUT2D eigenvalue weighted by Crippen LogP contribution is 2.12. The third-order valence-electron chi connectivity index (χ3n) is 2.72. The zero-order valence-electron chi connectivity index (χ0n) is 8.80. The molecular weight excluding hydrogens is 156 g/mol. The number of allylic oxidation sites excluding steroid dienone is 2. The lowest BCUT2D eigenvalue weighted by Gasteiger charge is -1.99. The van der Waals surface area contributed by atoms with Gasteiger partial charge in [-0.05, 0) is 32.1 Å². The van der Waals surface area contributed by atoms with E-state index in [2.05, 4.69) is 18.6 Å². The van der Waals surface area contributed by atoms with E-state index in [1.54, 1.807) is 0 Å². The van der Waals surface area contributed by atoms with Crippen molar-refractivity contribution in [3.8, 4) is 0 Å². The lowest BCUT2D eigenvalue weighted by atomic mass is 10.1. The fourth-order valence-electron chi connectivity index (χ4n) is 1.84. The standard InChI is InChI=1S/C13H23/c1-2-4-6-8-10-12-13-11-9-7-5-3-1/h1-2,13H,3-12H2/b2-1+. The molecule has 0 heterocycles. The molecule has 0 atom stereocenters. The molecule has 0 N–H and O–H groups in total. The van der Waals surface area contributed by atoms with Crippen LogP contribution in [0.4, 0.5) is 0 Å².